The quantitative estimate of drug-likeness (QED) is 0.784. The molecule has 1 aromatic heterocycles. The summed E-state index contributed by atoms with van der Waals surface area (Å²) in [6, 6.07) is 5.41. The lowest BCUT2D eigenvalue weighted by molar-refractivity contribution is 0.102. The van der Waals surface area contributed by atoms with Crippen LogP contribution in [-0.2, 0) is 0 Å². The van der Waals surface area contributed by atoms with Crippen molar-refractivity contribution < 1.29 is 13.6 Å². The van der Waals surface area contributed by atoms with Crippen LogP contribution in [-0.4, -0.2) is 5.91 Å². The lowest BCUT2D eigenvalue weighted by Gasteiger charge is -2.05. The molecule has 1 amide bonds. The molecule has 88 valence electrons. The molecule has 1 aromatic carbocycles. The molecule has 17 heavy (non-hydrogen) atoms. The van der Waals surface area contributed by atoms with Crippen molar-refractivity contribution in [1.29, 1.82) is 0 Å². The van der Waals surface area contributed by atoms with E-state index in [0.29, 0.717) is 17.0 Å². The molecule has 0 atom stereocenters. The largest absolute Gasteiger partial charge is 0.469 e. The number of nitrogens with one attached hydrogen (secondary N) is 1. The molecule has 0 saturated heterocycles. The fourth-order valence-electron chi connectivity index (χ4n) is 1.50. The van der Waals surface area contributed by atoms with Crippen LogP contribution in [0.2, 0.25) is 0 Å². The van der Waals surface area contributed by atoms with Crippen molar-refractivity contribution in [2.45, 2.75) is 6.92 Å². The number of furan rings is 1. The fraction of sp³-hybridized carbons (Fsp3) is 0.0833. The number of aryl methyl sites for hydroxylation is 1. The average Bonchev–Trinajstić information content (AvgIpc) is 2.62. The maximum atomic E-state index is 13.1. The van der Waals surface area contributed by atoms with Gasteiger partial charge in [0.25, 0.3) is 5.91 Å². The van der Waals surface area contributed by atoms with Gasteiger partial charge in [0, 0.05) is 11.4 Å². The van der Waals surface area contributed by atoms with E-state index in [2.05, 4.69) is 5.32 Å². The first-order valence-corrected chi connectivity index (χ1v) is 4.98. The van der Waals surface area contributed by atoms with Gasteiger partial charge < -0.3 is 15.5 Å². The number of carbonyl (C=O) groups excluding carboxylic acids is 1. The van der Waals surface area contributed by atoms with Crippen LogP contribution in [0, 0.1) is 12.7 Å². The van der Waals surface area contributed by atoms with Crippen LogP contribution in [0.25, 0.3) is 0 Å². The zero-order chi connectivity index (χ0) is 12.4. The first kappa shape index (κ1) is 11.2. The molecule has 0 fully saturated rings. The Morgan fingerprint density at radius 1 is 1.41 bits per heavy atom. The molecule has 2 aromatic rings. The van der Waals surface area contributed by atoms with Crippen LogP contribution in [0.4, 0.5) is 15.8 Å². The number of hydrogen-bond acceptors (Lipinski definition) is 3. The summed E-state index contributed by atoms with van der Waals surface area (Å²) in [4.78, 5) is 11.8. The topological polar surface area (TPSA) is 68.3 Å². The number of anilines is 2. The van der Waals surface area contributed by atoms with E-state index in [-0.39, 0.29) is 11.6 Å². The normalized spacial score (nSPS) is 10.2. The molecule has 0 bridgehead atoms. The van der Waals surface area contributed by atoms with E-state index in [1.54, 1.807) is 13.0 Å². The minimum atomic E-state index is -0.496. The number of rotatable bonds is 2. The van der Waals surface area contributed by atoms with Gasteiger partial charge in [-0.1, -0.05) is 0 Å². The standard InChI is InChI=1S/C12H11FN2O2/c1-7-11(2-3-17-7)12(16)15-10-5-8(13)4-9(14)6-10/h2-6H,14H2,1H3,(H,15,16). The lowest BCUT2D eigenvalue weighted by atomic mass is 10.2. The minimum absolute atomic E-state index is 0.254. The molecule has 3 N–H and O–H groups in total. The van der Waals surface area contributed by atoms with Crippen molar-refractivity contribution in [2.75, 3.05) is 11.1 Å². The second kappa shape index (κ2) is 4.29. The van der Waals surface area contributed by atoms with Gasteiger partial charge >= 0.3 is 0 Å². The zero-order valence-corrected chi connectivity index (χ0v) is 9.16. The molecule has 0 unspecified atom stereocenters. The van der Waals surface area contributed by atoms with Gasteiger partial charge in [0.2, 0.25) is 0 Å². The van der Waals surface area contributed by atoms with Crippen LogP contribution in [0.1, 0.15) is 16.1 Å². The summed E-state index contributed by atoms with van der Waals surface area (Å²) in [5.41, 5.74) is 6.45. The molecule has 0 saturated carbocycles. The lowest BCUT2D eigenvalue weighted by Crippen LogP contribution is -2.12. The Morgan fingerprint density at radius 2 is 2.18 bits per heavy atom. The smallest absolute Gasteiger partial charge is 0.259 e. The van der Waals surface area contributed by atoms with Crippen molar-refractivity contribution in [1.82, 2.24) is 0 Å². The summed E-state index contributed by atoms with van der Waals surface area (Å²) >= 11 is 0. The highest BCUT2D eigenvalue weighted by molar-refractivity contribution is 6.05. The molecule has 0 aliphatic heterocycles. The van der Waals surface area contributed by atoms with E-state index < -0.39 is 5.82 Å². The monoisotopic (exact) mass is 234 g/mol. The number of amides is 1. The Labute approximate surface area is 97.2 Å². The summed E-state index contributed by atoms with van der Waals surface area (Å²) < 4.78 is 18.1. The van der Waals surface area contributed by atoms with Crippen LogP contribution >= 0.6 is 0 Å². The van der Waals surface area contributed by atoms with Gasteiger partial charge in [0.05, 0.1) is 11.8 Å². The molecule has 4 nitrogen and oxygen atoms in total. The van der Waals surface area contributed by atoms with Gasteiger partial charge in [-0.25, -0.2) is 4.39 Å². The van der Waals surface area contributed by atoms with Crippen LogP contribution in [0.15, 0.2) is 34.9 Å². The first-order chi connectivity index (χ1) is 8.06. The van der Waals surface area contributed by atoms with Gasteiger partial charge in [-0.3, -0.25) is 4.79 Å². The van der Waals surface area contributed by atoms with Gasteiger partial charge in [0.15, 0.2) is 0 Å². The Kier molecular flexibility index (Phi) is 2.82. The van der Waals surface area contributed by atoms with Crippen molar-refractivity contribution in [3.8, 4) is 0 Å². The van der Waals surface area contributed by atoms with Gasteiger partial charge in [-0.2, -0.15) is 0 Å². The SMILES string of the molecule is Cc1occc1C(=O)Nc1cc(N)cc(F)c1. The first-order valence-electron chi connectivity index (χ1n) is 4.98. The number of nitrogens with two attached hydrogens (primary N) is 1. The number of benzene rings is 1. The minimum Gasteiger partial charge on any atom is -0.469 e. The molecule has 0 aliphatic rings. The maximum absolute atomic E-state index is 13.1. The Bertz CT molecular complexity index is 543. The van der Waals surface area contributed by atoms with Gasteiger partial charge in [-0.15, -0.1) is 0 Å². The Hall–Kier alpha value is -2.30. The zero-order valence-electron chi connectivity index (χ0n) is 9.16. The maximum Gasteiger partial charge on any atom is 0.259 e. The van der Waals surface area contributed by atoms with E-state index in [9.17, 15) is 9.18 Å². The molecule has 2 rings (SSSR count). The summed E-state index contributed by atoms with van der Waals surface area (Å²) in [7, 11) is 0. The van der Waals surface area contributed by atoms with E-state index in [1.165, 1.54) is 24.5 Å². The number of nitrogen functional groups attached to an aromatic ring is 1. The van der Waals surface area contributed by atoms with Crippen LogP contribution < -0.4 is 11.1 Å². The summed E-state index contributed by atoms with van der Waals surface area (Å²) in [5, 5.41) is 2.55. The third kappa shape index (κ3) is 2.44. The summed E-state index contributed by atoms with van der Waals surface area (Å²) in [6.07, 6.45) is 1.42. The van der Waals surface area contributed by atoms with Crippen molar-refractivity contribution in [3.63, 3.8) is 0 Å². The second-order valence-corrected chi connectivity index (χ2v) is 3.62. The molecule has 0 spiro atoms. The molecular formula is C12H11FN2O2. The predicted octanol–water partition coefficient (Wildman–Crippen LogP) is 2.56. The third-order valence-electron chi connectivity index (χ3n) is 2.28. The van der Waals surface area contributed by atoms with Gasteiger partial charge in [0.1, 0.15) is 11.6 Å². The highest BCUT2D eigenvalue weighted by Gasteiger charge is 2.12. The molecule has 1 heterocycles. The highest BCUT2D eigenvalue weighted by Crippen LogP contribution is 2.17. The van der Waals surface area contributed by atoms with Gasteiger partial charge in [-0.05, 0) is 31.2 Å². The molecule has 0 radical (unpaired) electrons. The van der Waals surface area contributed by atoms with Crippen molar-refractivity contribution in [3.05, 3.63) is 47.7 Å². The van der Waals surface area contributed by atoms with E-state index >= 15 is 0 Å². The van der Waals surface area contributed by atoms with E-state index in [1.807, 2.05) is 0 Å². The predicted molar refractivity (Wildman–Crippen MR) is 62.2 cm³/mol. The highest BCUT2D eigenvalue weighted by atomic mass is 19.1. The Morgan fingerprint density at radius 3 is 2.76 bits per heavy atom. The molecule has 0 aliphatic carbocycles. The number of hydrogen-bond donors (Lipinski definition) is 2. The van der Waals surface area contributed by atoms with E-state index in [4.69, 9.17) is 10.2 Å². The Balaban J connectivity index is 2.21. The molecule has 5 heteroatoms. The fourth-order valence-corrected chi connectivity index (χ4v) is 1.50. The number of halogens is 1. The van der Waals surface area contributed by atoms with Crippen molar-refractivity contribution >= 4 is 17.3 Å². The average molecular weight is 234 g/mol. The number of carbonyl (C=O) groups is 1. The van der Waals surface area contributed by atoms with Crippen LogP contribution in [0.3, 0.4) is 0 Å². The summed E-state index contributed by atoms with van der Waals surface area (Å²) in [6.45, 7) is 1.68. The van der Waals surface area contributed by atoms with E-state index in [0.717, 1.165) is 0 Å². The third-order valence-corrected chi connectivity index (χ3v) is 2.28. The molecular weight excluding hydrogens is 223 g/mol. The summed E-state index contributed by atoms with van der Waals surface area (Å²) in [5.74, 6) is -0.350. The van der Waals surface area contributed by atoms with Crippen LogP contribution in [0.5, 0.6) is 0 Å². The second-order valence-electron chi connectivity index (χ2n) is 3.62. The van der Waals surface area contributed by atoms with Crippen molar-refractivity contribution in [2.24, 2.45) is 0 Å².